The summed E-state index contributed by atoms with van der Waals surface area (Å²) in [5.41, 5.74) is 3.78. The van der Waals surface area contributed by atoms with Crippen molar-refractivity contribution in [2.75, 3.05) is 5.88 Å². The molecule has 0 atom stereocenters. The normalized spacial score (nSPS) is 8.82. The number of nitrogens with two attached hydrogens (primary N) is 1. The molecule has 62 valence electrons. The van der Waals surface area contributed by atoms with Crippen molar-refractivity contribution in [2.45, 2.75) is 0 Å². The number of alkyl halides is 1. The predicted molar refractivity (Wildman–Crippen MR) is 37.2 cm³/mol. The first-order chi connectivity index (χ1) is 5.00. The average molecular weight is 180 g/mol. The topological polar surface area (TPSA) is 101 Å². The molecule has 6 heteroatoms. The first kappa shape index (κ1) is 9.77. The van der Waals surface area contributed by atoms with E-state index in [9.17, 15) is 9.59 Å². The third kappa shape index (κ3) is 2.46. The summed E-state index contributed by atoms with van der Waals surface area (Å²) in [5, 5.41) is 16.5. The van der Waals surface area contributed by atoms with Crippen molar-refractivity contribution in [1.82, 2.24) is 0 Å². The second-order valence-corrected chi connectivity index (χ2v) is 1.91. The maximum atomic E-state index is 10.2. The second kappa shape index (κ2) is 3.82. The lowest BCUT2D eigenvalue weighted by Crippen LogP contribution is -2.18. The first-order valence-corrected chi connectivity index (χ1v) is 3.05. The van der Waals surface area contributed by atoms with Crippen LogP contribution in [0, 0.1) is 0 Å². The number of hydrogen-bond acceptors (Lipinski definition) is 3. The Morgan fingerprint density at radius 1 is 1.27 bits per heavy atom. The van der Waals surface area contributed by atoms with Crippen LogP contribution in [0.5, 0.6) is 0 Å². The minimum absolute atomic E-state index is 0.312. The number of allylic oxidation sites excluding steroid dienone is 1. The monoisotopic (exact) mass is 179 g/mol. The molecule has 0 spiro atoms. The van der Waals surface area contributed by atoms with E-state index in [0.717, 1.165) is 0 Å². The molecule has 5 nitrogen and oxygen atoms in total. The highest BCUT2D eigenvalue weighted by Gasteiger charge is 2.19. The molecule has 0 aromatic heterocycles. The molecule has 0 aliphatic heterocycles. The largest absolute Gasteiger partial charge is 0.477 e. The zero-order valence-corrected chi connectivity index (χ0v) is 6.13. The van der Waals surface area contributed by atoms with Gasteiger partial charge in [0.1, 0.15) is 0 Å². The van der Waals surface area contributed by atoms with Crippen LogP contribution >= 0.6 is 11.6 Å². The van der Waals surface area contributed by atoms with Crippen molar-refractivity contribution >= 4 is 23.5 Å². The molecule has 0 radical (unpaired) electrons. The van der Waals surface area contributed by atoms with Crippen molar-refractivity contribution in [3.63, 3.8) is 0 Å². The van der Waals surface area contributed by atoms with E-state index in [1.807, 2.05) is 0 Å². The Kier molecular flexibility index (Phi) is 3.39. The molecule has 0 aromatic carbocycles. The molecule has 0 bridgehead atoms. The Morgan fingerprint density at radius 3 is 1.73 bits per heavy atom. The summed E-state index contributed by atoms with van der Waals surface area (Å²) in [7, 11) is 0. The number of rotatable bonds is 3. The van der Waals surface area contributed by atoms with Crippen LogP contribution in [0.25, 0.3) is 0 Å². The molecular weight excluding hydrogens is 174 g/mol. The molecule has 0 unspecified atom stereocenters. The Hall–Kier alpha value is -1.23. The maximum Gasteiger partial charge on any atom is 0.344 e. The van der Waals surface area contributed by atoms with Crippen molar-refractivity contribution in [2.24, 2.45) is 5.73 Å². The fourth-order valence-corrected chi connectivity index (χ4v) is 0.567. The Balaban J connectivity index is 4.88. The van der Waals surface area contributed by atoms with E-state index in [1.165, 1.54) is 0 Å². The molecule has 0 saturated carbocycles. The number of hydrogen-bond donors (Lipinski definition) is 3. The van der Waals surface area contributed by atoms with E-state index in [4.69, 9.17) is 27.5 Å². The van der Waals surface area contributed by atoms with Gasteiger partial charge in [0.2, 0.25) is 0 Å². The van der Waals surface area contributed by atoms with Gasteiger partial charge in [-0.2, -0.15) is 0 Å². The third-order valence-corrected chi connectivity index (χ3v) is 1.18. The fourth-order valence-electron chi connectivity index (χ4n) is 0.433. The van der Waals surface area contributed by atoms with Gasteiger partial charge in [0.25, 0.3) is 0 Å². The van der Waals surface area contributed by atoms with E-state index in [0.29, 0.717) is 0 Å². The zero-order chi connectivity index (χ0) is 9.02. The van der Waals surface area contributed by atoms with Crippen LogP contribution in [0.3, 0.4) is 0 Å². The molecule has 0 heterocycles. The Bertz CT molecular complexity index is 207. The van der Waals surface area contributed by atoms with Crippen molar-refractivity contribution < 1.29 is 19.8 Å². The van der Waals surface area contributed by atoms with E-state index in [-0.39, 0.29) is 11.6 Å². The third-order valence-electron chi connectivity index (χ3n) is 0.893. The van der Waals surface area contributed by atoms with Gasteiger partial charge in [-0.1, -0.05) is 0 Å². The van der Waals surface area contributed by atoms with Crippen molar-refractivity contribution in [3.8, 4) is 0 Å². The molecule has 4 N–H and O–H groups in total. The van der Waals surface area contributed by atoms with Gasteiger partial charge in [-0.25, -0.2) is 9.59 Å². The van der Waals surface area contributed by atoms with Gasteiger partial charge in [0, 0.05) is 5.70 Å². The molecule has 0 amide bonds. The van der Waals surface area contributed by atoms with Crippen LogP contribution < -0.4 is 5.73 Å². The summed E-state index contributed by atoms with van der Waals surface area (Å²) < 4.78 is 0. The number of aliphatic carboxylic acids is 2. The van der Waals surface area contributed by atoms with E-state index < -0.39 is 17.5 Å². The number of carboxylic acid groups (broad SMARTS) is 2. The van der Waals surface area contributed by atoms with Crippen LogP contribution in [0.2, 0.25) is 0 Å². The van der Waals surface area contributed by atoms with Crippen LogP contribution in [-0.2, 0) is 9.59 Å². The highest BCUT2D eigenvalue weighted by molar-refractivity contribution is 6.21. The van der Waals surface area contributed by atoms with E-state index >= 15 is 0 Å². The molecule has 0 fully saturated rings. The molecule has 11 heavy (non-hydrogen) atoms. The highest BCUT2D eigenvalue weighted by atomic mass is 35.5. The minimum Gasteiger partial charge on any atom is -0.477 e. The summed E-state index contributed by atoms with van der Waals surface area (Å²) >= 11 is 5.13. The average Bonchev–Trinajstić information content (AvgIpc) is 1.85. The summed E-state index contributed by atoms with van der Waals surface area (Å²) in [5.74, 6) is -3.49. The van der Waals surface area contributed by atoms with Crippen LogP contribution in [0.4, 0.5) is 0 Å². The van der Waals surface area contributed by atoms with Gasteiger partial charge in [0.15, 0.2) is 5.57 Å². The summed E-state index contributed by atoms with van der Waals surface area (Å²) in [4.78, 5) is 20.3. The molecule has 0 aliphatic rings. The van der Waals surface area contributed by atoms with E-state index in [1.54, 1.807) is 0 Å². The van der Waals surface area contributed by atoms with Gasteiger partial charge < -0.3 is 15.9 Å². The van der Waals surface area contributed by atoms with Gasteiger partial charge in [-0.05, 0) is 0 Å². The smallest absolute Gasteiger partial charge is 0.344 e. The Morgan fingerprint density at radius 2 is 1.64 bits per heavy atom. The fraction of sp³-hybridized carbons (Fsp3) is 0.200. The number of carbonyl (C=O) groups is 2. The lowest BCUT2D eigenvalue weighted by molar-refractivity contribution is -0.140. The lowest BCUT2D eigenvalue weighted by Gasteiger charge is -1.98. The van der Waals surface area contributed by atoms with Crippen LogP contribution in [-0.4, -0.2) is 28.0 Å². The molecule has 0 aliphatic carbocycles. The predicted octanol–water partition coefficient (Wildman–Crippen LogP) is -0.393. The second-order valence-electron chi connectivity index (χ2n) is 1.64. The quantitative estimate of drug-likeness (QED) is 0.237. The Labute approximate surface area is 67.1 Å². The van der Waals surface area contributed by atoms with Crippen LogP contribution in [0.15, 0.2) is 11.3 Å². The first-order valence-electron chi connectivity index (χ1n) is 2.51. The summed E-state index contributed by atoms with van der Waals surface area (Å²) in [6.07, 6.45) is 0. The van der Waals surface area contributed by atoms with Crippen molar-refractivity contribution in [1.29, 1.82) is 0 Å². The summed E-state index contributed by atoms with van der Waals surface area (Å²) in [6.45, 7) is 0. The standard InChI is InChI=1S/C5H6ClNO4/c6-1-2(7)3(4(8)9)5(10)11/h1,7H2,(H,8,9)(H,10,11). The van der Waals surface area contributed by atoms with Gasteiger partial charge in [0.05, 0.1) is 5.88 Å². The SMILES string of the molecule is NC(CCl)=C(C(=O)O)C(=O)O. The highest BCUT2D eigenvalue weighted by Crippen LogP contribution is 2.01. The lowest BCUT2D eigenvalue weighted by atomic mass is 10.2. The molecule has 0 saturated heterocycles. The maximum absolute atomic E-state index is 10.2. The number of carboxylic acids is 2. The molecule has 0 rings (SSSR count). The van der Waals surface area contributed by atoms with Gasteiger partial charge in [-0.3, -0.25) is 0 Å². The van der Waals surface area contributed by atoms with Gasteiger partial charge in [-0.15, -0.1) is 11.6 Å². The molecular formula is C5H6ClNO4. The molecule has 0 aromatic rings. The minimum atomic E-state index is -1.59. The number of halogens is 1. The van der Waals surface area contributed by atoms with E-state index in [2.05, 4.69) is 0 Å². The zero-order valence-electron chi connectivity index (χ0n) is 5.37. The van der Waals surface area contributed by atoms with Gasteiger partial charge >= 0.3 is 11.9 Å². The van der Waals surface area contributed by atoms with Crippen molar-refractivity contribution in [3.05, 3.63) is 11.3 Å². The summed E-state index contributed by atoms with van der Waals surface area (Å²) in [6, 6.07) is 0. The van der Waals surface area contributed by atoms with Crippen LogP contribution in [0.1, 0.15) is 0 Å².